The molecule has 1 aliphatic rings. The van der Waals surface area contributed by atoms with Crippen LogP contribution in [0.3, 0.4) is 0 Å². The van der Waals surface area contributed by atoms with Crippen LogP contribution >= 0.6 is 0 Å². The number of ether oxygens (including phenoxy) is 1. The largest absolute Gasteiger partial charge is 0.399 e. The number of hydrogen-bond acceptors (Lipinski definition) is 3. The van der Waals surface area contributed by atoms with Crippen LogP contribution in [0.15, 0.2) is 18.2 Å². The molecule has 1 aromatic rings. The van der Waals surface area contributed by atoms with E-state index in [0.717, 1.165) is 42.9 Å². The number of carbonyl (C=O) groups is 1. The van der Waals surface area contributed by atoms with Gasteiger partial charge in [-0.05, 0) is 37.1 Å². The predicted molar refractivity (Wildman–Crippen MR) is 71.5 cm³/mol. The molecule has 4 heteroatoms. The van der Waals surface area contributed by atoms with E-state index in [1.165, 1.54) is 0 Å². The second-order valence-corrected chi connectivity index (χ2v) is 4.93. The van der Waals surface area contributed by atoms with Crippen molar-refractivity contribution in [1.82, 2.24) is 4.90 Å². The summed E-state index contributed by atoms with van der Waals surface area (Å²) in [4.78, 5) is 14.2. The van der Waals surface area contributed by atoms with E-state index in [0.29, 0.717) is 5.92 Å². The van der Waals surface area contributed by atoms with Crippen LogP contribution < -0.4 is 5.73 Å². The van der Waals surface area contributed by atoms with Crippen molar-refractivity contribution >= 4 is 11.6 Å². The summed E-state index contributed by atoms with van der Waals surface area (Å²) in [5, 5.41) is 0. The van der Waals surface area contributed by atoms with Crippen molar-refractivity contribution in [3.8, 4) is 0 Å². The van der Waals surface area contributed by atoms with E-state index in [4.69, 9.17) is 10.5 Å². The Labute approximate surface area is 108 Å². The zero-order chi connectivity index (χ0) is 13.1. The molecule has 1 saturated heterocycles. The second kappa shape index (κ2) is 5.40. The van der Waals surface area contributed by atoms with Gasteiger partial charge < -0.3 is 15.4 Å². The number of methoxy groups -OCH3 is 1. The molecule has 18 heavy (non-hydrogen) atoms. The van der Waals surface area contributed by atoms with Gasteiger partial charge in [0.05, 0.1) is 6.61 Å². The molecule has 1 aromatic carbocycles. The molecule has 1 heterocycles. The van der Waals surface area contributed by atoms with Gasteiger partial charge in [-0.3, -0.25) is 4.79 Å². The lowest BCUT2D eigenvalue weighted by Gasteiger charge is -2.17. The van der Waals surface area contributed by atoms with Gasteiger partial charge in [-0.1, -0.05) is 0 Å². The first kappa shape index (κ1) is 12.9. The molecule has 0 saturated carbocycles. The van der Waals surface area contributed by atoms with Crippen molar-refractivity contribution in [2.75, 3.05) is 32.5 Å². The molecular formula is C14H20N2O2. The third kappa shape index (κ3) is 2.64. The van der Waals surface area contributed by atoms with E-state index >= 15 is 0 Å². The quantitative estimate of drug-likeness (QED) is 0.828. The van der Waals surface area contributed by atoms with Crippen LogP contribution in [0.4, 0.5) is 5.69 Å². The fraction of sp³-hybridized carbons (Fsp3) is 0.500. The average molecular weight is 248 g/mol. The van der Waals surface area contributed by atoms with Gasteiger partial charge in [0.15, 0.2) is 0 Å². The molecule has 0 aliphatic carbocycles. The summed E-state index contributed by atoms with van der Waals surface area (Å²) in [5.41, 5.74) is 8.16. The summed E-state index contributed by atoms with van der Waals surface area (Å²) in [6.45, 7) is 4.25. The van der Waals surface area contributed by atoms with Crippen LogP contribution in [0.25, 0.3) is 0 Å². The Morgan fingerprint density at radius 3 is 3.00 bits per heavy atom. The summed E-state index contributed by atoms with van der Waals surface area (Å²) < 4.78 is 5.14. The van der Waals surface area contributed by atoms with Crippen LogP contribution in [0.1, 0.15) is 22.3 Å². The number of rotatable bonds is 3. The Morgan fingerprint density at radius 2 is 2.33 bits per heavy atom. The zero-order valence-electron chi connectivity index (χ0n) is 11.0. The highest BCUT2D eigenvalue weighted by atomic mass is 16.5. The number of nitrogens with zero attached hydrogens (tertiary/aromatic N) is 1. The zero-order valence-corrected chi connectivity index (χ0v) is 11.0. The molecule has 0 aromatic heterocycles. The Balaban J connectivity index is 2.05. The van der Waals surface area contributed by atoms with Crippen LogP contribution in [-0.2, 0) is 4.74 Å². The number of hydrogen-bond donors (Lipinski definition) is 1. The van der Waals surface area contributed by atoms with Crippen LogP contribution in [0.2, 0.25) is 0 Å². The third-order valence-corrected chi connectivity index (χ3v) is 3.49. The highest BCUT2D eigenvalue weighted by molar-refractivity contribution is 5.95. The first-order valence-corrected chi connectivity index (χ1v) is 6.26. The molecule has 2 N–H and O–H groups in total. The summed E-state index contributed by atoms with van der Waals surface area (Å²) in [6.07, 6.45) is 1.02. The van der Waals surface area contributed by atoms with Crippen LogP contribution in [0, 0.1) is 12.8 Å². The highest BCUT2D eigenvalue weighted by Crippen LogP contribution is 2.20. The van der Waals surface area contributed by atoms with Crippen molar-refractivity contribution < 1.29 is 9.53 Å². The Kier molecular flexibility index (Phi) is 3.87. The maximum Gasteiger partial charge on any atom is 0.253 e. The second-order valence-electron chi connectivity index (χ2n) is 4.93. The van der Waals surface area contributed by atoms with Crippen molar-refractivity contribution in [2.45, 2.75) is 13.3 Å². The minimum atomic E-state index is 0.0942. The Hall–Kier alpha value is -1.55. The number of carbonyl (C=O) groups excluding carboxylic acids is 1. The summed E-state index contributed by atoms with van der Waals surface area (Å²) in [5.74, 6) is 0.561. The lowest BCUT2D eigenvalue weighted by Crippen LogP contribution is -2.29. The number of aryl methyl sites for hydroxylation is 1. The molecule has 0 bridgehead atoms. The number of nitrogens with two attached hydrogens (primary N) is 1. The molecule has 1 unspecified atom stereocenters. The van der Waals surface area contributed by atoms with Crippen molar-refractivity contribution in [3.63, 3.8) is 0 Å². The Morgan fingerprint density at radius 1 is 1.56 bits per heavy atom. The maximum absolute atomic E-state index is 12.3. The maximum atomic E-state index is 12.3. The summed E-state index contributed by atoms with van der Waals surface area (Å²) in [6, 6.07) is 5.46. The molecule has 4 nitrogen and oxygen atoms in total. The SMILES string of the molecule is COCC1CCN(C(=O)c2ccc(N)c(C)c2)C1. The van der Waals surface area contributed by atoms with Gasteiger partial charge in [0.1, 0.15) is 0 Å². The highest BCUT2D eigenvalue weighted by Gasteiger charge is 2.26. The number of benzene rings is 1. The van der Waals surface area contributed by atoms with E-state index in [-0.39, 0.29) is 5.91 Å². The standard InChI is InChI=1S/C14H20N2O2/c1-10-7-12(3-4-13(10)15)14(17)16-6-5-11(8-16)9-18-2/h3-4,7,11H,5-6,8-9,15H2,1-2H3. The summed E-state index contributed by atoms with van der Waals surface area (Å²) >= 11 is 0. The topological polar surface area (TPSA) is 55.6 Å². The number of likely N-dealkylation sites (tertiary alicyclic amines) is 1. The van der Waals surface area contributed by atoms with Crippen molar-refractivity contribution in [1.29, 1.82) is 0 Å². The van der Waals surface area contributed by atoms with Gasteiger partial charge in [-0.2, -0.15) is 0 Å². The molecule has 1 atom stereocenters. The fourth-order valence-corrected chi connectivity index (χ4v) is 2.38. The first-order chi connectivity index (χ1) is 8.61. The molecule has 98 valence electrons. The molecular weight excluding hydrogens is 228 g/mol. The van der Waals surface area contributed by atoms with Gasteiger partial charge in [0.2, 0.25) is 0 Å². The molecule has 1 aliphatic heterocycles. The predicted octanol–water partition coefficient (Wildman–Crippen LogP) is 1.69. The number of nitrogen functional groups attached to an aromatic ring is 1. The molecule has 1 fully saturated rings. The van der Waals surface area contributed by atoms with E-state index in [2.05, 4.69) is 0 Å². The normalized spacial score (nSPS) is 19.2. The minimum absolute atomic E-state index is 0.0942. The average Bonchev–Trinajstić information content (AvgIpc) is 2.81. The number of anilines is 1. The van der Waals surface area contributed by atoms with E-state index < -0.39 is 0 Å². The van der Waals surface area contributed by atoms with E-state index in [1.54, 1.807) is 19.2 Å². The molecule has 0 spiro atoms. The third-order valence-electron chi connectivity index (χ3n) is 3.49. The Bertz CT molecular complexity index is 445. The lowest BCUT2D eigenvalue weighted by molar-refractivity contribution is 0.0775. The van der Waals surface area contributed by atoms with E-state index in [1.807, 2.05) is 17.9 Å². The van der Waals surface area contributed by atoms with Gasteiger partial charge in [-0.15, -0.1) is 0 Å². The molecule has 2 rings (SSSR count). The van der Waals surface area contributed by atoms with Crippen molar-refractivity contribution in [2.24, 2.45) is 5.92 Å². The van der Waals surface area contributed by atoms with Crippen LogP contribution in [0.5, 0.6) is 0 Å². The smallest absolute Gasteiger partial charge is 0.253 e. The number of amides is 1. The first-order valence-electron chi connectivity index (χ1n) is 6.26. The molecule has 1 amide bonds. The van der Waals surface area contributed by atoms with Crippen molar-refractivity contribution in [3.05, 3.63) is 29.3 Å². The van der Waals surface area contributed by atoms with Crippen LogP contribution in [-0.4, -0.2) is 37.6 Å². The lowest BCUT2D eigenvalue weighted by atomic mass is 10.1. The van der Waals surface area contributed by atoms with Gasteiger partial charge in [-0.25, -0.2) is 0 Å². The van der Waals surface area contributed by atoms with Gasteiger partial charge >= 0.3 is 0 Å². The van der Waals surface area contributed by atoms with Gasteiger partial charge in [0, 0.05) is 37.4 Å². The molecule has 0 radical (unpaired) electrons. The fourth-order valence-electron chi connectivity index (χ4n) is 2.38. The van der Waals surface area contributed by atoms with E-state index in [9.17, 15) is 4.79 Å². The monoisotopic (exact) mass is 248 g/mol. The van der Waals surface area contributed by atoms with Gasteiger partial charge in [0.25, 0.3) is 5.91 Å². The summed E-state index contributed by atoms with van der Waals surface area (Å²) in [7, 11) is 1.70. The minimum Gasteiger partial charge on any atom is -0.399 e.